The molecule has 0 fully saturated rings. The Morgan fingerprint density at radius 3 is 2.10 bits per heavy atom. The molecule has 0 aliphatic rings. The van der Waals surface area contributed by atoms with Crippen molar-refractivity contribution in [1.29, 1.82) is 0 Å². The summed E-state index contributed by atoms with van der Waals surface area (Å²) in [4.78, 5) is 26.4. The third kappa shape index (κ3) is 6.13. The molecule has 0 saturated carbocycles. The number of hydrogen-bond acceptors (Lipinski definition) is 3. The summed E-state index contributed by atoms with van der Waals surface area (Å²) in [7, 11) is 3.36. The van der Waals surface area contributed by atoms with Crippen molar-refractivity contribution >= 4 is 23.2 Å². The average Bonchev–Trinajstić information content (AvgIpc) is 2.76. The summed E-state index contributed by atoms with van der Waals surface area (Å²) in [5.74, 6) is -0.191. The number of rotatable bonds is 8. The SMILES string of the molecule is COc1ccc(NC(=O)C[NH+](C)[C@@H](C(=O)Nc2ccc(F)cc2)c2ccccc2)cc1. The van der Waals surface area contributed by atoms with E-state index in [0.29, 0.717) is 22.0 Å². The number of methoxy groups -OCH3 is 1. The molecule has 0 aromatic heterocycles. The first-order valence-corrected chi connectivity index (χ1v) is 9.84. The second-order valence-electron chi connectivity index (χ2n) is 7.14. The number of carbonyl (C=O) groups excluding carboxylic acids is 2. The predicted octanol–water partition coefficient (Wildman–Crippen LogP) is 2.67. The van der Waals surface area contributed by atoms with Crippen LogP contribution in [0.4, 0.5) is 15.8 Å². The fourth-order valence-corrected chi connectivity index (χ4v) is 3.29. The van der Waals surface area contributed by atoms with Gasteiger partial charge in [0.05, 0.1) is 14.2 Å². The lowest BCUT2D eigenvalue weighted by Crippen LogP contribution is -3.11. The number of likely N-dealkylation sites (N-methyl/N-ethyl adjacent to an activating group) is 1. The van der Waals surface area contributed by atoms with Crippen LogP contribution >= 0.6 is 0 Å². The maximum absolute atomic E-state index is 13.2. The highest BCUT2D eigenvalue weighted by atomic mass is 19.1. The van der Waals surface area contributed by atoms with Crippen LogP contribution in [0, 0.1) is 5.82 Å². The number of hydrogen-bond donors (Lipinski definition) is 3. The molecule has 160 valence electrons. The molecule has 0 spiro atoms. The second-order valence-corrected chi connectivity index (χ2v) is 7.14. The minimum Gasteiger partial charge on any atom is -0.497 e. The Hall–Kier alpha value is -3.71. The summed E-state index contributed by atoms with van der Waals surface area (Å²) in [6.45, 7) is 0.0719. The van der Waals surface area contributed by atoms with Gasteiger partial charge in [0.1, 0.15) is 11.6 Å². The number of benzene rings is 3. The van der Waals surface area contributed by atoms with Crippen LogP contribution in [-0.2, 0) is 9.59 Å². The highest BCUT2D eigenvalue weighted by Gasteiger charge is 2.30. The molecule has 2 amide bonds. The Bertz CT molecular complexity index is 1010. The smallest absolute Gasteiger partial charge is 0.287 e. The molecule has 0 bridgehead atoms. The first-order valence-electron chi connectivity index (χ1n) is 9.84. The van der Waals surface area contributed by atoms with Crippen LogP contribution in [-0.4, -0.2) is 32.5 Å². The molecule has 0 radical (unpaired) electrons. The van der Waals surface area contributed by atoms with E-state index in [1.807, 2.05) is 30.3 Å². The maximum Gasteiger partial charge on any atom is 0.287 e. The van der Waals surface area contributed by atoms with E-state index in [9.17, 15) is 14.0 Å². The molecule has 3 aromatic carbocycles. The van der Waals surface area contributed by atoms with Crippen LogP contribution in [0.5, 0.6) is 5.75 Å². The van der Waals surface area contributed by atoms with E-state index < -0.39 is 6.04 Å². The first kappa shape index (κ1) is 22.0. The van der Waals surface area contributed by atoms with E-state index >= 15 is 0 Å². The molecular formula is C24H25FN3O3+. The van der Waals surface area contributed by atoms with E-state index in [-0.39, 0.29) is 24.2 Å². The van der Waals surface area contributed by atoms with Gasteiger partial charge in [-0.3, -0.25) is 9.59 Å². The topological polar surface area (TPSA) is 71.9 Å². The van der Waals surface area contributed by atoms with Crippen molar-refractivity contribution in [1.82, 2.24) is 0 Å². The molecule has 2 atom stereocenters. The molecule has 1 unspecified atom stereocenters. The van der Waals surface area contributed by atoms with E-state index in [1.54, 1.807) is 38.4 Å². The molecule has 0 aliphatic carbocycles. The van der Waals surface area contributed by atoms with Gasteiger partial charge in [0.15, 0.2) is 12.6 Å². The zero-order valence-corrected chi connectivity index (χ0v) is 17.4. The molecule has 0 aliphatic heterocycles. The van der Waals surface area contributed by atoms with Gasteiger partial charge in [-0.2, -0.15) is 0 Å². The molecule has 0 saturated heterocycles. The summed E-state index contributed by atoms with van der Waals surface area (Å²) in [6.07, 6.45) is 0. The molecule has 7 heteroatoms. The highest BCUT2D eigenvalue weighted by molar-refractivity contribution is 5.95. The zero-order chi connectivity index (χ0) is 22.2. The zero-order valence-electron chi connectivity index (χ0n) is 17.4. The molecule has 3 N–H and O–H groups in total. The Kier molecular flexibility index (Phi) is 7.35. The molecule has 6 nitrogen and oxygen atoms in total. The van der Waals surface area contributed by atoms with Gasteiger partial charge in [0.25, 0.3) is 11.8 Å². The van der Waals surface area contributed by atoms with Crippen molar-refractivity contribution < 1.29 is 23.6 Å². The third-order valence-electron chi connectivity index (χ3n) is 4.81. The van der Waals surface area contributed by atoms with E-state index in [4.69, 9.17) is 4.74 Å². The lowest BCUT2D eigenvalue weighted by molar-refractivity contribution is -0.893. The largest absolute Gasteiger partial charge is 0.497 e. The van der Waals surface area contributed by atoms with Crippen molar-refractivity contribution in [2.24, 2.45) is 0 Å². The first-order chi connectivity index (χ1) is 15.0. The van der Waals surface area contributed by atoms with Gasteiger partial charge in [-0.15, -0.1) is 0 Å². The second kappa shape index (κ2) is 10.4. The number of halogens is 1. The third-order valence-corrected chi connectivity index (χ3v) is 4.81. The summed E-state index contributed by atoms with van der Waals surface area (Å²) in [6, 6.07) is 21.2. The van der Waals surface area contributed by atoms with E-state index in [1.165, 1.54) is 24.3 Å². The Morgan fingerprint density at radius 1 is 0.903 bits per heavy atom. The van der Waals surface area contributed by atoms with Crippen LogP contribution in [0.3, 0.4) is 0 Å². The standard InChI is InChI=1S/C24H24FN3O3/c1-28(16-22(29)26-19-12-14-21(31-2)15-13-19)23(17-6-4-3-5-7-17)24(30)27-20-10-8-18(25)9-11-20/h3-15,23H,16H2,1-2H3,(H,26,29)(H,27,30)/p+1/t23-/m1/s1. The Morgan fingerprint density at radius 2 is 1.48 bits per heavy atom. The van der Waals surface area contributed by atoms with Crippen LogP contribution in [0.15, 0.2) is 78.9 Å². The average molecular weight is 422 g/mol. The van der Waals surface area contributed by atoms with Crippen molar-refractivity contribution in [3.63, 3.8) is 0 Å². The minimum absolute atomic E-state index is 0.0719. The number of amides is 2. The van der Waals surface area contributed by atoms with Crippen molar-refractivity contribution in [3.8, 4) is 5.75 Å². The van der Waals surface area contributed by atoms with Gasteiger partial charge in [-0.1, -0.05) is 30.3 Å². The number of anilines is 2. The van der Waals surface area contributed by atoms with E-state index in [2.05, 4.69) is 10.6 Å². The van der Waals surface area contributed by atoms with Crippen molar-refractivity contribution in [3.05, 3.63) is 90.2 Å². The van der Waals surface area contributed by atoms with Gasteiger partial charge in [-0.25, -0.2) is 4.39 Å². The lowest BCUT2D eigenvalue weighted by atomic mass is 10.0. The number of carbonyl (C=O) groups is 2. The summed E-state index contributed by atoms with van der Waals surface area (Å²) < 4.78 is 18.3. The summed E-state index contributed by atoms with van der Waals surface area (Å²) in [5.41, 5.74) is 1.91. The molecule has 31 heavy (non-hydrogen) atoms. The fourth-order valence-electron chi connectivity index (χ4n) is 3.29. The number of quaternary nitrogens is 1. The Balaban J connectivity index is 1.72. The van der Waals surface area contributed by atoms with Crippen LogP contribution in [0.1, 0.15) is 11.6 Å². The molecule has 3 rings (SSSR count). The summed E-state index contributed by atoms with van der Waals surface area (Å²) in [5, 5.41) is 5.65. The van der Waals surface area contributed by atoms with Crippen LogP contribution in [0.2, 0.25) is 0 Å². The van der Waals surface area contributed by atoms with Gasteiger partial charge in [0, 0.05) is 16.9 Å². The Labute approximate surface area is 180 Å². The van der Waals surface area contributed by atoms with Gasteiger partial charge in [0.2, 0.25) is 0 Å². The normalized spacial score (nSPS) is 12.5. The number of ether oxygens (including phenoxy) is 1. The highest BCUT2D eigenvalue weighted by Crippen LogP contribution is 2.16. The minimum atomic E-state index is -0.632. The van der Waals surface area contributed by atoms with Gasteiger partial charge in [-0.05, 0) is 48.5 Å². The van der Waals surface area contributed by atoms with Crippen molar-refractivity contribution in [2.75, 3.05) is 31.3 Å². The van der Waals surface area contributed by atoms with Crippen LogP contribution < -0.4 is 20.3 Å². The predicted molar refractivity (Wildman–Crippen MR) is 118 cm³/mol. The van der Waals surface area contributed by atoms with Gasteiger partial charge >= 0.3 is 0 Å². The van der Waals surface area contributed by atoms with Crippen molar-refractivity contribution in [2.45, 2.75) is 6.04 Å². The summed E-state index contributed by atoms with van der Waals surface area (Å²) >= 11 is 0. The van der Waals surface area contributed by atoms with E-state index in [0.717, 1.165) is 5.56 Å². The lowest BCUT2D eigenvalue weighted by Gasteiger charge is -2.24. The molecule has 0 heterocycles. The quantitative estimate of drug-likeness (QED) is 0.523. The fraction of sp³-hybridized carbons (Fsp3) is 0.167. The number of nitrogens with one attached hydrogen (secondary N) is 3. The molecule has 3 aromatic rings. The van der Waals surface area contributed by atoms with Gasteiger partial charge < -0.3 is 20.3 Å². The van der Waals surface area contributed by atoms with Crippen LogP contribution in [0.25, 0.3) is 0 Å². The monoisotopic (exact) mass is 422 g/mol. The molecular weight excluding hydrogens is 397 g/mol. The maximum atomic E-state index is 13.2.